The molecule has 2 N–H and O–H groups in total. The first-order chi connectivity index (χ1) is 10.9. The van der Waals surface area contributed by atoms with Gasteiger partial charge in [-0.15, -0.1) is 12.4 Å². The summed E-state index contributed by atoms with van der Waals surface area (Å²) >= 11 is 0. The molecule has 1 aliphatic rings. The lowest BCUT2D eigenvalue weighted by molar-refractivity contribution is 0.155. The maximum absolute atomic E-state index is 12.8. The van der Waals surface area contributed by atoms with Gasteiger partial charge in [0.25, 0.3) is 0 Å². The van der Waals surface area contributed by atoms with Gasteiger partial charge in [-0.3, -0.25) is 0 Å². The molecule has 7 nitrogen and oxygen atoms in total. The summed E-state index contributed by atoms with van der Waals surface area (Å²) < 4.78 is 52.3. The normalized spacial score (nSPS) is 21.8. The summed E-state index contributed by atoms with van der Waals surface area (Å²) in [5, 5.41) is 0. The van der Waals surface area contributed by atoms with E-state index in [1.165, 1.54) is 42.7 Å². The number of hydrogen-bond donors (Lipinski definition) is 1. The van der Waals surface area contributed by atoms with E-state index in [0.717, 1.165) is 4.31 Å². The average Bonchev–Trinajstić information content (AvgIpc) is 2.49. The van der Waals surface area contributed by atoms with Gasteiger partial charge in [-0.05, 0) is 36.1 Å². The fourth-order valence-corrected chi connectivity index (χ4v) is 5.20. The summed E-state index contributed by atoms with van der Waals surface area (Å²) in [5.41, 5.74) is 5.75. The Kier molecular flexibility index (Phi) is 6.70. The molecule has 1 saturated heterocycles. The van der Waals surface area contributed by atoms with Crippen LogP contribution in [-0.4, -0.2) is 58.7 Å². The highest BCUT2D eigenvalue weighted by molar-refractivity contribution is 7.89. The van der Waals surface area contributed by atoms with Crippen LogP contribution in [0.4, 0.5) is 0 Å². The van der Waals surface area contributed by atoms with Crippen LogP contribution in [0.3, 0.4) is 0 Å². The summed E-state index contributed by atoms with van der Waals surface area (Å²) in [5.74, 6) is 0. The lowest BCUT2D eigenvalue weighted by Gasteiger charge is -2.41. The Bertz CT molecular complexity index is 806. The van der Waals surface area contributed by atoms with Gasteiger partial charge in [0.2, 0.25) is 20.0 Å². The number of hydrogen-bond acceptors (Lipinski definition) is 5. The first-order valence-electron chi connectivity index (χ1n) is 7.67. The van der Waals surface area contributed by atoms with Crippen LogP contribution in [0.2, 0.25) is 0 Å². The quantitative estimate of drug-likeness (QED) is 0.799. The van der Waals surface area contributed by atoms with Crippen molar-refractivity contribution in [2.45, 2.75) is 36.1 Å². The average molecular weight is 412 g/mol. The third-order valence-electron chi connectivity index (χ3n) is 4.52. The molecule has 1 heterocycles. The molecule has 0 radical (unpaired) electrons. The Balaban J connectivity index is 0.00000312. The molecule has 0 spiro atoms. The lowest BCUT2D eigenvalue weighted by atomic mass is 9.81. The van der Waals surface area contributed by atoms with Gasteiger partial charge in [0.05, 0.1) is 9.79 Å². The lowest BCUT2D eigenvalue weighted by Crippen LogP contribution is -2.53. The Morgan fingerprint density at radius 2 is 1.56 bits per heavy atom. The SMILES string of the molecule is CN(C)S(=O)(=O)c1ccc(S(=O)(=O)N2CCC(N)C(C)(C)C2)cc1.Cl. The molecule has 0 aliphatic carbocycles. The van der Waals surface area contributed by atoms with Crippen LogP contribution in [0.25, 0.3) is 0 Å². The predicted octanol–water partition coefficient (Wildman–Crippen LogP) is 1.11. The van der Waals surface area contributed by atoms with Gasteiger partial charge in [-0.25, -0.2) is 21.1 Å². The van der Waals surface area contributed by atoms with Crippen LogP contribution in [0.15, 0.2) is 34.1 Å². The van der Waals surface area contributed by atoms with Crippen molar-refractivity contribution in [3.8, 4) is 0 Å². The second-order valence-corrected chi connectivity index (χ2v) is 11.1. The van der Waals surface area contributed by atoms with Crippen molar-refractivity contribution in [1.82, 2.24) is 8.61 Å². The molecule has 2 rings (SSSR count). The van der Waals surface area contributed by atoms with E-state index >= 15 is 0 Å². The topological polar surface area (TPSA) is 101 Å². The van der Waals surface area contributed by atoms with E-state index in [1.54, 1.807) is 0 Å². The molecule has 1 aliphatic heterocycles. The van der Waals surface area contributed by atoms with Crippen molar-refractivity contribution in [2.75, 3.05) is 27.2 Å². The van der Waals surface area contributed by atoms with Crippen LogP contribution in [-0.2, 0) is 20.0 Å². The van der Waals surface area contributed by atoms with Gasteiger partial charge in [-0.2, -0.15) is 4.31 Å². The zero-order valence-electron chi connectivity index (χ0n) is 14.8. The zero-order valence-corrected chi connectivity index (χ0v) is 17.3. The number of nitrogens with zero attached hydrogens (tertiary/aromatic N) is 2. The van der Waals surface area contributed by atoms with E-state index in [0.29, 0.717) is 19.5 Å². The predicted molar refractivity (Wildman–Crippen MR) is 99.7 cm³/mol. The molecule has 0 bridgehead atoms. The van der Waals surface area contributed by atoms with Crippen LogP contribution >= 0.6 is 12.4 Å². The highest BCUT2D eigenvalue weighted by Crippen LogP contribution is 2.31. The van der Waals surface area contributed by atoms with Gasteiger partial charge < -0.3 is 5.73 Å². The zero-order chi connectivity index (χ0) is 18.3. The van der Waals surface area contributed by atoms with Crippen molar-refractivity contribution in [3.63, 3.8) is 0 Å². The molecular formula is C15H26ClN3O4S2. The molecule has 1 aromatic rings. The largest absolute Gasteiger partial charge is 0.327 e. The molecule has 1 aromatic carbocycles. The van der Waals surface area contributed by atoms with Crippen molar-refractivity contribution in [2.24, 2.45) is 11.1 Å². The minimum absolute atomic E-state index is 0. The first kappa shape index (κ1) is 22.3. The smallest absolute Gasteiger partial charge is 0.243 e. The highest BCUT2D eigenvalue weighted by atomic mass is 35.5. The van der Waals surface area contributed by atoms with Crippen LogP contribution in [0.1, 0.15) is 20.3 Å². The molecule has 25 heavy (non-hydrogen) atoms. The van der Waals surface area contributed by atoms with E-state index in [2.05, 4.69) is 0 Å². The van der Waals surface area contributed by atoms with Crippen LogP contribution < -0.4 is 5.73 Å². The number of nitrogens with two attached hydrogens (primary N) is 1. The molecule has 0 amide bonds. The van der Waals surface area contributed by atoms with E-state index in [1.807, 2.05) is 13.8 Å². The van der Waals surface area contributed by atoms with Crippen molar-refractivity contribution in [3.05, 3.63) is 24.3 Å². The van der Waals surface area contributed by atoms with Gasteiger partial charge >= 0.3 is 0 Å². The van der Waals surface area contributed by atoms with Crippen LogP contribution in [0.5, 0.6) is 0 Å². The second-order valence-electron chi connectivity index (χ2n) is 6.98. The second kappa shape index (κ2) is 7.50. The maximum Gasteiger partial charge on any atom is 0.243 e. The van der Waals surface area contributed by atoms with Gasteiger partial charge in [0, 0.05) is 33.2 Å². The maximum atomic E-state index is 12.8. The van der Waals surface area contributed by atoms with Crippen molar-refractivity contribution < 1.29 is 16.8 Å². The third-order valence-corrected chi connectivity index (χ3v) is 8.21. The van der Waals surface area contributed by atoms with Crippen LogP contribution in [0, 0.1) is 5.41 Å². The Morgan fingerprint density at radius 1 is 1.08 bits per heavy atom. The summed E-state index contributed by atoms with van der Waals surface area (Å²) in [6.07, 6.45) is 0.597. The summed E-state index contributed by atoms with van der Waals surface area (Å²) in [6.45, 7) is 4.61. The molecular weight excluding hydrogens is 386 g/mol. The Morgan fingerprint density at radius 3 is 2.00 bits per heavy atom. The summed E-state index contributed by atoms with van der Waals surface area (Å²) in [6, 6.07) is 5.28. The van der Waals surface area contributed by atoms with E-state index in [-0.39, 0.29) is 33.7 Å². The number of sulfonamides is 2. The Labute approximate surface area is 156 Å². The first-order valence-corrected chi connectivity index (χ1v) is 10.6. The fourth-order valence-electron chi connectivity index (χ4n) is 2.67. The van der Waals surface area contributed by atoms with E-state index in [4.69, 9.17) is 5.73 Å². The monoisotopic (exact) mass is 411 g/mol. The van der Waals surface area contributed by atoms with Gasteiger partial charge in [0.1, 0.15) is 0 Å². The van der Waals surface area contributed by atoms with E-state index in [9.17, 15) is 16.8 Å². The fraction of sp³-hybridized carbons (Fsp3) is 0.600. The highest BCUT2D eigenvalue weighted by Gasteiger charge is 2.38. The van der Waals surface area contributed by atoms with Crippen molar-refractivity contribution in [1.29, 1.82) is 0 Å². The number of piperidine rings is 1. The molecule has 10 heteroatoms. The third kappa shape index (κ3) is 4.35. The minimum atomic E-state index is -3.67. The Hall–Kier alpha value is -0.710. The minimum Gasteiger partial charge on any atom is -0.327 e. The summed E-state index contributed by atoms with van der Waals surface area (Å²) in [7, 11) is -4.39. The molecule has 1 atom stereocenters. The summed E-state index contributed by atoms with van der Waals surface area (Å²) in [4.78, 5) is 0.152. The molecule has 1 unspecified atom stereocenters. The van der Waals surface area contributed by atoms with Gasteiger partial charge in [0.15, 0.2) is 0 Å². The molecule has 144 valence electrons. The molecule has 0 aromatic heterocycles. The molecule has 1 fully saturated rings. The standard InChI is InChI=1S/C15H25N3O4S2.ClH/c1-15(2)11-18(10-9-14(15)16)24(21,22)13-7-5-12(6-8-13)23(19,20)17(3)4;/h5-8,14H,9-11,16H2,1-4H3;1H. The van der Waals surface area contributed by atoms with Gasteiger partial charge in [-0.1, -0.05) is 13.8 Å². The number of rotatable bonds is 4. The van der Waals surface area contributed by atoms with E-state index < -0.39 is 20.0 Å². The van der Waals surface area contributed by atoms with Crippen molar-refractivity contribution >= 4 is 32.5 Å². The number of benzene rings is 1. The number of halogens is 1. The molecule has 0 saturated carbocycles.